The zero-order valence-electron chi connectivity index (χ0n) is 21.4. The van der Waals surface area contributed by atoms with Crippen LogP contribution in [-0.4, -0.2) is 58.6 Å². The zero-order chi connectivity index (χ0) is 24.6. The van der Waals surface area contributed by atoms with Crippen molar-refractivity contribution >= 4 is 29.2 Å². The van der Waals surface area contributed by atoms with Crippen molar-refractivity contribution in [2.24, 2.45) is 0 Å². The van der Waals surface area contributed by atoms with Crippen LogP contribution in [0, 0.1) is 0 Å². The lowest BCUT2D eigenvalue weighted by Crippen LogP contribution is -2.33. The summed E-state index contributed by atoms with van der Waals surface area (Å²) in [5, 5.41) is 9.69. The molecule has 0 aliphatic carbocycles. The largest absolute Gasteiger partial charge is 0.376 e. The van der Waals surface area contributed by atoms with Crippen LogP contribution in [0.4, 0.5) is 11.6 Å². The highest BCUT2D eigenvalue weighted by atomic mass is 32.2. The van der Waals surface area contributed by atoms with Gasteiger partial charge in [-0.2, -0.15) is 0 Å². The topological polar surface area (TPSA) is 63.5 Å². The van der Waals surface area contributed by atoms with Crippen LogP contribution in [0.2, 0.25) is 0 Å². The van der Waals surface area contributed by atoms with Gasteiger partial charge in [0, 0.05) is 49.6 Å². The third-order valence-corrected chi connectivity index (χ3v) is 8.75. The predicted molar refractivity (Wildman–Crippen MR) is 141 cm³/mol. The molecule has 3 aliphatic heterocycles. The Labute approximate surface area is 212 Å². The van der Waals surface area contributed by atoms with Gasteiger partial charge >= 0.3 is 0 Å². The highest BCUT2D eigenvalue weighted by Crippen LogP contribution is 2.46. The van der Waals surface area contributed by atoms with Gasteiger partial charge < -0.3 is 14.5 Å². The second-order valence-corrected chi connectivity index (χ2v) is 11.8. The highest BCUT2D eigenvalue weighted by molar-refractivity contribution is 8.00. The van der Waals surface area contributed by atoms with Gasteiger partial charge in [-0.1, -0.05) is 43.8 Å². The Kier molecular flexibility index (Phi) is 6.95. The van der Waals surface area contributed by atoms with Gasteiger partial charge in [-0.05, 0) is 50.7 Å². The number of nitrogens with zero attached hydrogens (tertiary/aromatic N) is 5. The van der Waals surface area contributed by atoms with E-state index < -0.39 is 0 Å². The maximum absolute atomic E-state index is 13.4. The molecule has 0 amide bonds. The lowest BCUT2D eigenvalue weighted by molar-refractivity contribution is -0.114. The molecule has 2 saturated heterocycles. The second kappa shape index (κ2) is 9.97. The summed E-state index contributed by atoms with van der Waals surface area (Å²) >= 11 is 1.51. The molecule has 2 fully saturated rings. The first-order valence-corrected chi connectivity index (χ1v) is 13.8. The number of fused-ring (bicyclic) bond motifs is 1. The number of piperidine rings is 1. The minimum Gasteiger partial charge on any atom is -0.376 e. The fourth-order valence-corrected chi connectivity index (χ4v) is 6.45. The Morgan fingerprint density at radius 1 is 1.20 bits per heavy atom. The number of anilines is 2. The summed E-state index contributed by atoms with van der Waals surface area (Å²) in [6, 6.07) is 8.40. The van der Waals surface area contributed by atoms with E-state index in [4.69, 9.17) is 4.74 Å². The lowest BCUT2D eigenvalue weighted by atomic mass is 9.83. The molecule has 0 bridgehead atoms. The van der Waals surface area contributed by atoms with Crippen LogP contribution < -0.4 is 9.80 Å². The molecule has 0 saturated carbocycles. The molecule has 4 heterocycles. The normalized spacial score (nSPS) is 23.7. The van der Waals surface area contributed by atoms with Crippen molar-refractivity contribution in [3.05, 3.63) is 41.6 Å². The molecule has 0 radical (unpaired) electrons. The van der Waals surface area contributed by atoms with E-state index in [2.05, 4.69) is 62.7 Å². The molecule has 1 aromatic heterocycles. The maximum atomic E-state index is 13.4. The minimum absolute atomic E-state index is 0.101. The number of hydrogen-bond donors (Lipinski definition) is 0. The summed E-state index contributed by atoms with van der Waals surface area (Å²) in [7, 11) is 2.05. The van der Waals surface area contributed by atoms with Gasteiger partial charge in [0.25, 0.3) is 0 Å². The average molecular weight is 496 g/mol. The second-order valence-electron chi connectivity index (χ2n) is 10.5. The van der Waals surface area contributed by atoms with E-state index in [1.165, 1.54) is 42.3 Å². The number of thioether (sulfide) groups is 1. The van der Waals surface area contributed by atoms with Crippen molar-refractivity contribution in [1.29, 1.82) is 0 Å². The molecule has 0 N–H and O–H groups in total. The molecule has 35 heavy (non-hydrogen) atoms. The first kappa shape index (κ1) is 24.4. The Balaban J connectivity index is 1.37. The van der Waals surface area contributed by atoms with Crippen LogP contribution in [0.3, 0.4) is 0 Å². The number of carbonyl (C=O) groups is 1. The Morgan fingerprint density at radius 3 is 2.69 bits per heavy atom. The Bertz CT molecular complexity index is 1100. The third-order valence-electron chi connectivity index (χ3n) is 7.65. The molecular weight excluding hydrogens is 458 g/mol. The molecule has 2 aromatic rings. The van der Waals surface area contributed by atoms with Crippen molar-refractivity contribution in [1.82, 2.24) is 14.8 Å². The maximum Gasteiger partial charge on any atom is 0.228 e. The molecule has 5 rings (SSSR count). The monoisotopic (exact) mass is 495 g/mol. The minimum atomic E-state index is -0.267. The molecule has 0 spiro atoms. The van der Waals surface area contributed by atoms with Crippen LogP contribution in [0.1, 0.15) is 58.4 Å². The molecule has 1 aromatic carbocycles. The van der Waals surface area contributed by atoms with Crippen molar-refractivity contribution in [2.75, 3.05) is 36.5 Å². The van der Waals surface area contributed by atoms with Crippen molar-refractivity contribution in [3.8, 4) is 0 Å². The van der Waals surface area contributed by atoms with Gasteiger partial charge in [0.1, 0.15) is 0 Å². The first-order chi connectivity index (χ1) is 16.9. The molecule has 8 heteroatoms. The number of carbonyl (C=O) groups excluding carboxylic acids is 1. The van der Waals surface area contributed by atoms with Gasteiger partial charge in [-0.25, -0.2) is 0 Å². The van der Waals surface area contributed by atoms with Crippen LogP contribution in [0.5, 0.6) is 0 Å². The van der Waals surface area contributed by atoms with E-state index in [1.807, 2.05) is 20.0 Å². The summed E-state index contributed by atoms with van der Waals surface area (Å²) in [6.07, 6.45) is 7.82. The van der Waals surface area contributed by atoms with E-state index in [9.17, 15) is 4.79 Å². The molecule has 188 valence electrons. The Hall–Kier alpha value is -2.32. The van der Waals surface area contributed by atoms with E-state index in [1.54, 1.807) is 0 Å². The number of aromatic nitrogens is 3. The number of ketones is 1. The fraction of sp³-hybridized carbons (Fsp3) is 0.593. The summed E-state index contributed by atoms with van der Waals surface area (Å²) in [5.41, 5.74) is 3.24. The number of hydrogen-bond acceptors (Lipinski definition) is 7. The number of para-hydroxylation sites is 1. The lowest BCUT2D eigenvalue weighted by Gasteiger charge is -2.28. The molecular formula is C27H37N5O2S. The predicted octanol–water partition coefficient (Wildman–Crippen LogP) is 4.81. The van der Waals surface area contributed by atoms with E-state index in [0.717, 1.165) is 55.9 Å². The number of ether oxygens (including phenoxy) is 1. The van der Waals surface area contributed by atoms with E-state index in [-0.39, 0.29) is 22.6 Å². The molecule has 3 aliphatic rings. The van der Waals surface area contributed by atoms with E-state index >= 15 is 0 Å². The first-order valence-electron chi connectivity index (χ1n) is 12.9. The summed E-state index contributed by atoms with van der Waals surface area (Å²) < 4.78 is 8.14. The summed E-state index contributed by atoms with van der Waals surface area (Å²) in [4.78, 5) is 17.9. The fourth-order valence-electron chi connectivity index (χ4n) is 5.57. The van der Waals surface area contributed by atoms with Gasteiger partial charge in [-0.15, -0.1) is 10.2 Å². The van der Waals surface area contributed by atoms with Gasteiger partial charge in [0.2, 0.25) is 5.95 Å². The van der Waals surface area contributed by atoms with Crippen molar-refractivity contribution in [3.63, 3.8) is 0 Å². The number of allylic oxidation sites excluding steroid dienone is 2. The van der Waals surface area contributed by atoms with Crippen LogP contribution in [-0.2, 0) is 21.5 Å². The van der Waals surface area contributed by atoms with Crippen LogP contribution >= 0.6 is 11.8 Å². The van der Waals surface area contributed by atoms with Crippen molar-refractivity contribution < 1.29 is 9.53 Å². The van der Waals surface area contributed by atoms with Gasteiger partial charge in [0.05, 0.1) is 17.9 Å². The highest BCUT2D eigenvalue weighted by Gasteiger charge is 2.39. The quantitative estimate of drug-likeness (QED) is 0.403. The van der Waals surface area contributed by atoms with Gasteiger partial charge in [0.15, 0.2) is 10.9 Å². The molecule has 2 atom stereocenters. The van der Waals surface area contributed by atoms with Crippen molar-refractivity contribution in [2.45, 2.75) is 81.3 Å². The molecule has 7 nitrogen and oxygen atoms in total. The van der Waals surface area contributed by atoms with E-state index in [0.29, 0.717) is 0 Å². The number of likely N-dealkylation sites (N-methyl/N-ethyl adjacent to an activating group) is 1. The summed E-state index contributed by atoms with van der Waals surface area (Å²) in [5.74, 6) is 1.02. The number of benzene rings is 1. The smallest absolute Gasteiger partial charge is 0.228 e. The van der Waals surface area contributed by atoms with Crippen LogP contribution in [0.15, 0.2) is 41.2 Å². The average Bonchev–Trinajstić information content (AvgIpc) is 3.56. The van der Waals surface area contributed by atoms with Crippen LogP contribution in [0.25, 0.3) is 0 Å². The molecule has 2 unspecified atom stereocenters. The Morgan fingerprint density at radius 2 is 1.97 bits per heavy atom. The zero-order valence-corrected chi connectivity index (χ0v) is 22.2. The van der Waals surface area contributed by atoms with Gasteiger partial charge in [-0.3, -0.25) is 9.36 Å². The number of rotatable bonds is 7. The third kappa shape index (κ3) is 4.75. The summed E-state index contributed by atoms with van der Waals surface area (Å²) in [6.45, 7) is 9.94. The SMILES string of the molecule is CC(Sc1nnc(N2CCCCC2)n1CC1CCCO1)C(=O)/C=C1\N(C)c2ccccc2C1(C)C. The standard InChI is InChI=1S/C27H37N5O2S/c1-19(23(33)17-24-27(2,3)21-12-6-7-13-22(21)30(24)4)35-26-29-28-25(31-14-8-5-9-15-31)32(26)18-20-11-10-16-34-20/h6-7,12-13,17,19-20H,5,8-11,14-16,18H2,1-4H3/b24-17-.